The molecule has 9 heavy (non-hydrogen) atoms. The maximum absolute atomic E-state index is 2.35. The highest BCUT2D eigenvalue weighted by Gasteiger charge is 2.06. The summed E-state index contributed by atoms with van der Waals surface area (Å²) in [4.78, 5) is 0. The Balaban J connectivity index is 2.18. The van der Waals surface area contributed by atoms with Crippen molar-refractivity contribution < 1.29 is 0 Å². The van der Waals surface area contributed by atoms with Crippen LogP contribution in [0.5, 0.6) is 0 Å². The van der Waals surface area contributed by atoms with Gasteiger partial charge in [0.05, 0.1) is 0 Å². The predicted molar refractivity (Wildman–Crippen MR) is 45.8 cm³/mol. The van der Waals surface area contributed by atoms with E-state index in [1.54, 1.807) is 0 Å². The van der Waals surface area contributed by atoms with Crippen molar-refractivity contribution in [2.45, 2.75) is 31.7 Å². The molecule has 1 atom stereocenters. The summed E-state index contributed by atoms with van der Waals surface area (Å²) >= 11 is 0. The van der Waals surface area contributed by atoms with Crippen LogP contribution in [0.4, 0.5) is 0 Å². The van der Waals surface area contributed by atoms with Gasteiger partial charge in [-0.15, -0.1) is 0 Å². The molecule has 0 nitrogen and oxygen atoms in total. The zero-order valence-corrected chi connectivity index (χ0v) is 8.27. The first-order valence-corrected chi connectivity index (χ1v) is 5.50. The van der Waals surface area contributed by atoms with Gasteiger partial charge in [0.15, 0.2) is 0 Å². The third-order valence-electron chi connectivity index (χ3n) is 2.07. The van der Waals surface area contributed by atoms with Crippen LogP contribution >= 0.6 is 0 Å². The van der Waals surface area contributed by atoms with Crippen LogP contribution in [-0.2, 0) is 0 Å². The Morgan fingerprint density at radius 3 is 2.89 bits per heavy atom. The quantitative estimate of drug-likeness (QED) is 0.403. The lowest BCUT2D eigenvalue weighted by Crippen LogP contribution is -2.01. The molecule has 0 saturated heterocycles. The standard InChI is InChI=1S/C8H16Si/c9-7-6-8-4-2-1-3-5-8/h1-2,8H,3-7H2,9H3. The van der Waals surface area contributed by atoms with E-state index in [-0.39, 0.29) is 0 Å². The second kappa shape index (κ2) is 3.88. The van der Waals surface area contributed by atoms with Crippen LogP contribution in [0.25, 0.3) is 0 Å². The number of allylic oxidation sites excluding steroid dienone is 2. The van der Waals surface area contributed by atoms with Gasteiger partial charge < -0.3 is 0 Å². The van der Waals surface area contributed by atoms with Crippen LogP contribution in [0, 0.1) is 5.92 Å². The van der Waals surface area contributed by atoms with Gasteiger partial charge >= 0.3 is 0 Å². The first-order chi connectivity index (χ1) is 4.43. The number of rotatable bonds is 2. The molecule has 0 fully saturated rings. The van der Waals surface area contributed by atoms with E-state index in [1.165, 1.54) is 42.0 Å². The summed E-state index contributed by atoms with van der Waals surface area (Å²) < 4.78 is 0. The first kappa shape index (κ1) is 7.07. The van der Waals surface area contributed by atoms with E-state index in [9.17, 15) is 0 Å². The summed E-state index contributed by atoms with van der Waals surface area (Å²) in [5.74, 6) is 1.05. The molecule has 1 unspecified atom stereocenters. The first-order valence-electron chi connectivity index (χ1n) is 4.08. The lowest BCUT2D eigenvalue weighted by molar-refractivity contribution is 0.465. The maximum Gasteiger partial charge on any atom is 0.00281 e. The van der Waals surface area contributed by atoms with Gasteiger partial charge in [0, 0.05) is 10.2 Å². The van der Waals surface area contributed by atoms with Crippen molar-refractivity contribution in [3.8, 4) is 0 Å². The lowest BCUT2D eigenvalue weighted by Gasteiger charge is -2.15. The summed E-state index contributed by atoms with van der Waals surface area (Å²) in [7, 11) is 1.40. The van der Waals surface area contributed by atoms with Crippen LogP contribution in [0.15, 0.2) is 12.2 Å². The molecule has 52 valence electrons. The van der Waals surface area contributed by atoms with Crippen LogP contribution < -0.4 is 0 Å². The van der Waals surface area contributed by atoms with Gasteiger partial charge in [0.1, 0.15) is 0 Å². The molecule has 0 N–H and O–H groups in total. The van der Waals surface area contributed by atoms with Gasteiger partial charge in [0.25, 0.3) is 0 Å². The fraction of sp³-hybridized carbons (Fsp3) is 0.750. The highest BCUT2D eigenvalue weighted by Crippen LogP contribution is 2.21. The average molecular weight is 140 g/mol. The Labute approximate surface area is 60.8 Å². The van der Waals surface area contributed by atoms with Gasteiger partial charge in [-0.1, -0.05) is 24.6 Å². The SMILES string of the molecule is [SiH3]CCC1CC=CCC1. The van der Waals surface area contributed by atoms with Crippen molar-refractivity contribution in [2.75, 3.05) is 0 Å². The molecule has 0 amide bonds. The molecule has 0 spiro atoms. The monoisotopic (exact) mass is 140 g/mol. The zero-order valence-electron chi connectivity index (χ0n) is 6.27. The molecule has 1 aliphatic carbocycles. The van der Waals surface area contributed by atoms with Crippen molar-refractivity contribution in [2.24, 2.45) is 5.92 Å². The van der Waals surface area contributed by atoms with E-state index in [4.69, 9.17) is 0 Å². The molecule has 0 aromatic carbocycles. The molecule has 0 saturated carbocycles. The van der Waals surface area contributed by atoms with Gasteiger partial charge in [0.2, 0.25) is 0 Å². The summed E-state index contributed by atoms with van der Waals surface area (Å²) in [6.45, 7) is 0. The van der Waals surface area contributed by atoms with Crippen LogP contribution in [0.3, 0.4) is 0 Å². The summed E-state index contributed by atoms with van der Waals surface area (Å²) in [6, 6.07) is 1.50. The molecule has 1 heteroatoms. The van der Waals surface area contributed by atoms with Gasteiger partial charge in [-0.05, 0) is 25.2 Å². The normalized spacial score (nSPS) is 26.9. The molecule has 0 radical (unpaired) electrons. The second-order valence-electron chi connectivity index (χ2n) is 2.94. The van der Waals surface area contributed by atoms with Gasteiger partial charge in [-0.25, -0.2) is 0 Å². The predicted octanol–water partition coefficient (Wildman–Crippen LogP) is 1.52. The van der Waals surface area contributed by atoms with E-state index in [1.807, 2.05) is 0 Å². The smallest absolute Gasteiger partial charge is 0.00281 e. The fourth-order valence-corrected chi connectivity index (χ4v) is 2.34. The topological polar surface area (TPSA) is 0 Å². The van der Waals surface area contributed by atoms with Crippen molar-refractivity contribution in [3.05, 3.63) is 12.2 Å². The second-order valence-corrected chi connectivity index (χ2v) is 3.94. The van der Waals surface area contributed by atoms with E-state index >= 15 is 0 Å². The van der Waals surface area contributed by atoms with E-state index in [2.05, 4.69) is 12.2 Å². The summed E-state index contributed by atoms with van der Waals surface area (Å²) in [5, 5.41) is 0. The highest BCUT2D eigenvalue weighted by molar-refractivity contribution is 6.08. The Kier molecular flexibility index (Phi) is 3.05. The van der Waals surface area contributed by atoms with Gasteiger partial charge in [-0.3, -0.25) is 0 Å². The minimum absolute atomic E-state index is 1.05. The number of hydrogen-bond acceptors (Lipinski definition) is 0. The Hall–Kier alpha value is -0.0431. The summed E-state index contributed by atoms with van der Waals surface area (Å²) in [6.07, 6.45) is 10.3. The molecule has 0 aliphatic heterocycles. The lowest BCUT2D eigenvalue weighted by atomic mass is 9.92. The third-order valence-corrected chi connectivity index (χ3v) is 2.65. The molecule has 0 aromatic heterocycles. The molecular formula is C8H16Si. The highest BCUT2D eigenvalue weighted by atomic mass is 28.1. The Morgan fingerprint density at radius 2 is 2.33 bits per heavy atom. The molecular weight excluding hydrogens is 124 g/mol. The molecule has 1 rings (SSSR count). The third kappa shape index (κ3) is 2.35. The maximum atomic E-state index is 2.35. The minimum Gasteiger partial charge on any atom is -0.0885 e. The molecule has 0 aromatic rings. The van der Waals surface area contributed by atoms with Crippen molar-refractivity contribution >= 4 is 10.2 Å². The van der Waals surface area contributed by atoms with Gasteiger partial charge in [-0.2, -0.15) is 0 Å². The van der Waals surface area contributed by atoms with E-state index in [0.717, 1.165) is 5.92 Å². The van der Waals surface area contributed by atoms with Crippen LogP contribution in [0.1, 0.15) is 25.7 Å². The van der Waals surface area contributed by atoms with Crippen molar-refractivity contribution in [3.63, 3.8) is 0 Å². The number of hydrogen-bond donors (Lipinski definition) is 0. The summed E-state index contributed by atoms with van der Waals surface area (Å²) in [5.41, 5.74) is 0. The Bertz CT molecular complexity index is 96.7. The van der Waals surface area contributed by atoms with Crippen molar-refractivity contribution in [1.82, 2.24) is 0 Å². The van der Waals surface area contributed by atoms with Crippen LogP contribution in [-0.4, -0.2) is 10.2 Å². The van der Waals surface area contributed by atoms with E-state index < -0.39 is 0 Å². The fourth-order valence-electron chi connectivity index (χ4n) is 1.53. The zero-order chi connectivity index (χ0) is 6.53. The average Bonchev–Trinajstić information content (AvgIpc) is 1.91. The molecule has 1 aliphatic rings. The largest absolute Gasteiger partial charge is 0.0885 e. The van der Waals surface area contributed by atoms with E-state index in [0.29, 0.717) is 0 Å². The Morgan fingerprint density at radius 1 is 1.44 bits per heavy atom. The minimum atomic E-state index is 1.05. The molecule has 0 bridgehead atoms. The molecule has 0 heterocycles. The van der Waals surface area contributed by atoms with Crippen LogP contribution in [0.2, 0.25) is 6.04 Å². The van der Waals surface area contributed by atoms with Crippen molar-refractivity contribution in [1.29, 1.82) is 0 Å².